The van der Waals surface area contributed by atoms with E-state index in [2.05, 4.69) is 15.6 Å². The van der Waals surface area contributed by atoms with Gasteiger partial charge in [-0.3, -0.25) is 9.48 Å². The molecule has 1 amide bonds. The van der Waals surface area contributed by atoms with Crippen LogP contribution in [0.25, 0.3) is 11.3 Å². The van der Waals surface area contributed by atoms with Crippen molar-refractivity contribution in [3.63, 3.8) is 0 Å². The third kappa shape index (κ3) is 4.07. The molecule has 7 heteroatoms. The SMILES string of the molecule is O=C(Nc1cnn(Cc2ccc(Cl)cc2)c1)c1cc(-c2ccccc2)on1. The molecule has 4 aromatic rings. The molecule has 0 aliphatic carbocycles. The van der Waals surface area contributed by atoms with Crippen LogP contribution in [-0.2, 0) is 6.54 Å². The summed E-state index contributed by atoms with van der Waals surface area (Å²) >= 11 is 5.89. The smallest absolute Gasteiger partial charge is 0.277 e. The number of hydrogen-bond acceptors (Lipinski definition) is 4. The Kier molecular flexibility index (Phi) is 4.72. The molecule has 2 aromatic heterocycles. The lowest BCUT2D eigenvalue weighted by atomic mass is 10.1. The van der Waals surface area contributed by atoms with Crippen LogP contribution < -0.4 is 5.32 Å². The Hall–Kier alpha value is -3.38. The van der Waals surface area contributed by atoms with Gasteiger partial charge in [0.2, 0.25) is 0 Å². The summed E-state index contributed by atoms with van der Waals surface area (Å²) in [5.41, 5.74) is 2.71. The van der Waals surface area contributed by atoms with Crippen LogP contribution in [0.15, 0.2) is 77.6 Å². The first-order valence-electron chi connectivity index (χ1n) is 8.28. The molecule has 4 rings (SSSR count). The van der Waals surface area contributed by atoms with E-state index in [0.29, 0.717) is 23.0 Å². The molecule has 134 valence electrons. The summed E-state index contributed by atoms with van der Waals surface area (Å²) in [6.07, 6.45) is 3.34. The Morgan fingerprint density at radius 3 is 2.67 bits per heavy atom. The van der Waals surface area contributed by atoms with Gasteiger partial charge in [-0.15, -0.1) is 0 Å². The number of carbonyl (C=O) groups excluding carboxylic acids is 1. The van der Waals surface area contributed by atoms with Gasteiger partial charge in [0.15, 0.2) is 11.5 Å². The van der Waals surface area contributed by atoms with Gasteiger partial charge in [-0.05, 0) is 17.7 Å². The van der Waals surface area contributed by atoms with Gasteiger partial charge in [0.05, 0.1) is 18.4 Å². The fourth-order valence-electron chi connectivity index (χ4n) is 2.61. The van der Waals surface area contributed by atoms with E-state index in [-0.39, 0.29) is 11.6 Å². The molecule has 0 saturated heterocycles. The summed E-state index contributed by atoms with van der Waals surface area (Å²) in [6, 6.07) is 18.6. The maximum absolute atomic E-state index is 12.4. The fraction of sp³-hybridized carbons (Fsp3) is 0.0500. The van der Waals surface area contributed by atoms with Crippen molar-refractivity contribution in [2.24, 2.45) is 0 Å². The van der Waals surface area contributed by atoms with Gasteiger partial charge in [0, 0.05) is 22.8 Å². The van der Waals surface area contributed by atoms with E-state index in [9.17, 15) is 4.79 Å². The Balaban J connectivity index is 1.42. The predicted molar refractivity (Wildman–Crippen MR) is 103 cm³/mol. The van der Waals surface area contributed by atoms with Crippen molar-refractivity contribution in [2.45, 2.75) is 6.54 Å². The highest BCUT2D eigenvalue weighted by molar-refractivity contribution is 6.30. The van der Waals surface area contributed by atoms with Crippen molar-refractivity contribution in [1.29, 1.82) is 0 Å². The van der Waals surface area contributed by atoms with E-state index in [1.54, 1.807) is 23.1 Å². The van der Waals surface area contributed by atoms with Crippen molar-refractivity contribution >= 4 is 23.2 Å². The zero-order valence-electron chi connectivity index (χ0n) is 14.2. The van der Waals surface area contributed by atoms with Gasteiger partial charge >= 0.3 is 0 Å². The minimum Gasteiger partial charge on any atom is -0.355 e. The monoisotopic (exact) mass is 378 g/mol. The second-order valence-corrected chi connectivity index (χ2v) is 6.39. The standard InChI is InChI=1S/C20H15ClN4O2/c21-16-8-6-14(7-9-16)12-25-13-17(11-22-25)23-20(26)18-10-19(27-24-18)15-4-2-1-3-5-15/h1-11,13H,12H2,(H,23,26). The lowest BCUT2D eigenvalue weighted by molar-refractivity contribution is 0.101. The Labute approximate surface area is 160 Å². The lowest BCUT2D eigenvalue weighted by Crippen LogP contribution is -2.11. The van der Waals surface area contributed by atoms with E-state index in [1.165, 1.54) is 0 Å². The first-order chi connectivity index (χ1) is 13.2. The quantitative estimate of drug-likeness (QED) is 0.555. The largest absolute Gasteiger partial charge is 0.355 e. The minimum absolute atomic E-state index is 0.208. The molecule has 1 N–H and O–H groups in total. The second kappa shape index (κ2) is 7.47. The maximum atomic E-state index is 12.4. The number of nitrogens with one attached hydrogen (secondary N) is 1. The molecule has 2 heterocycles. The molecule has 0 saturated carbocycles. The number of amides is 1. The summed E-state index contributed by atoms with van der Waals surface area (Å²) < 4.78 is 6.99. The zero-order chi connectivity index (χ0) is 18.6. The van der Waals surface area contributed by atoms with Crippen molar-refractivity contribution in [3.8, 4) is 11.3 Å². The number of aromatic nitrogens is 3. The van der Waals surface area contributed by atoms with Crippen molar-refractivity contribution < 1.29 is 9.32 Å². The summed E-state index contributed by atoms with van der Waals surface area (Å²) in [4.78, 5) is 12.4. The molecule has 0 fully saturated rings. The summed E-state index contributed by atoms with van der Waals surface area (Å²) in [5.74, 6) is 0.186. The van der Waals surface area contributed by atoms with Crippen molar-refractivity contribution in [3.05, 3.63) is 89.3 Å². The van der Waals surface area contributed by atoms with Crippen LogP contribution in [0.4, 0.5) is 5.69 Å². The van der Waals surface area contributed by atoms with Gasteiger partial charge in [-0.25, -0.2) is 0 Å². The number of anilines is 1. The number of rotatable bonds is 5. The van der Waals surface area contributed by atoms with Crippen LogP contribution in [0.3, 0.4) is 0 Å². The molecule has 0 unspecified atom stereocenters. The molecule has 2 aromatic carbocycles. The summed E-state index contributed by atoms with van der Waals surface area (Å²) in [5, 5.41) is 11.6. The van der Waals surface area contributed by atoms with Gasteiger partial charge in [0.25, 0.3) is 5.91 Å². The van der Waals surface area contributed by atoms with Crippen molar-refractivity contribution in [2.75, 3.05) is 5.32 Å². The predicted octanol–water partition coefficient (Wildman–Crippen LogP) is 4.49. The van der Waals surface area contributed by atoms with Gasteiger partial charge < -0.3 is 9.84 Å². The molecule has 0 bridgehead atoms. The molecular formula is C20H15ClN4O2. The van der Waals surface area contributed by atoms with Crippen LogP contribution in [0.5, 0.6) is 0 Å². The lowest BCUT2D eigenvalue weighted by Gasteiger charge is -2.02. The Bertz CT molecular complexity index is 1060. The highest BCUT2D eigenvalue weighted by atomic mass is 35.5. The number of carbonyl (C=O) groups is 1. The van der Waals surface area contributed by atoms with E-state index in [4.69, 9.17) is 16.1 Å². The van der Waals surface area contributed by atoms with Crippen LogP contribution in [0.2, 0.25) is 5.02 Å². The molecule has 27 heavy (non-hydrogen) atoms. The molecule has 0 radical (unpaired) electrons. The molecule has 0 atom stereocenters. The van der Waals surface area contributed by atoms with Crippen molar-refractivity contribution in [1.82, 2.24) is 14.9 Å². The van der Waals surface area contributed by atoms with Crippen LogP contribution >= 0.6 is 11.6 Å². The Morgan fingerprint density at radius 1 is 1.11 bits per heavy atom. The average molecular weight is 379 g/mol. The molecule has 0 spiro atoms. The van der Waals surface area contributed by atoms with Crippen LogP contribution in [0, 0.1) is 0 Å². The topological polar surface area (TPSA) is 73.0 Å². The highest BCUT2D eigenvalue weighted by Gasteiger charge is 2.14. The van der Waals surface area contributed by atoms with Gasteiger partial charge in [0.1, 0.15) is 0 Å². The first kappa shape index (κ1) is 17.1. The molecule has 6 nitrogen and oxygen atoms in total. The third-order valence-electron chi connectivity index (χ3n) is 3.95. The fourth-order valence-corrected chi connectivity index (χ4v) is 2.73. The minimum atomic E-state index is -0.355. The Morgan fingerprint density at radius 2 is 1.89 bits per heavy atom. The van der Waals surface area contributed by atoms with Crippen LogP contribution in [-0.4, -0.2) is 20.8 Å². The van der Waals surface area contributed by atoms with E-state index in [1.807, 2.05) is 54.6 Å². The first-order valence-corrected chi connectivity index (χ1v) is 8.65. The molecule has 0 aliphatic heterocycles. The van der Waals surface area contributed by atoms with Crippen LogP contribution in [0.1, 0.15) is 16.1 Å². The number of hydrogen-bond donors (Lipinski definition) is 1. The third-order valence-corrected chi connectivity index (χ3v) is 4.20. The number of halogens is 1. The molecular weight excluding hydrogens is 364 g/mol. The van der Waals surface area contributed by atoms with E-state index >= 15 is 0 Å². The highest BCUT2D eigenvalue weighted by Crippen LogP contribution is 2.20. The zero-order valence-corrected chi connectivity index (χ0v) is 14.9. The number of nitrogens with zero attached hydrogens (tertiary/aromatic N) is 3. The summed E-state index contributed by atoms with van der Waals surface area (Å²) in [6.45, 7) is 0.579. The normalized spacial score (nSPS) is 10.7. The molecule has 0 aliphatic rings. The van der Waals surface area contributed by atoms with Gasteiger partial charge in [-0.2, -0.15) is 5.10 Å². The number of benzene rings is 2. The van der Waals surface area contributed by atoms with E-state index in [0.717, 1.165) is 11.1 Å². The average Bonchev–Trinajstić information content (AvgIpc) is 3.34. The van der Waals surface area contributed by atoms with Gasteiger partial charge in [-0.1, -0.05) is 59.2 Å². The van der Waals surface area contributed by atoms with E-state index < -0.39 is 0 Å². The maximum Gasteiger partial charge on any atom is 0.277 e. The second-order valence-electron chi connectivity index (χ2n) is 5.95. The summed E-state index contributed by atoms with van der Waals surface area (Å²) in [7, 11) is 0.